The summed E-state index contributed by atoms with van der Waals surface area (Å²) in [7, 11) is 0. The molecular weight excluding hydrogens is 294 g/mol. The molecule has 2 heterocycles. The SMILES string of the molecule is Cc1cc(C)n(-c2ccc(NC(=O)NCC3(O)CCC3)cn2)n1. The summed E-state index contributed by atoms with van der Waals surface area (Å²) in [6, 6.07) is 5.21. The van der Waals surface area contributed by atoms with Crippen molar-refractivity contribution >= 4 is 11.7 Å². The van der Waals surface area contributed by atoms with Gasteiger partial charge in [-0.2, -0.15) is 5.10 Å². The highest BCUT2D eigenvalue weighted by atomic mass is 16.3. The first-order valence-corrected chi connectivity index (χ1v) is 7.72. The van der Waals surface area contributed by atoms with E-state index < -0.39 is 5.60 Å². The molecule has 1 fully saturated rings. The summed E-state index contributed by atoms with van der Waals surface area (Å²) in [4.78, 5) is 16.2. The Morgan fingerprint density at radius 1 is 1.39 bits per heavy atom. The quantitative estimate of drug-likeness (QED) is 0.804. The van der Waals surface area contributed by atoms with E-state index in [-0.39, 0.29) is 12.6 Å². The van der Waals surface area contributed by atoms with Crippen LogP contribution in [0.5, 0.6) is 0 Å². The largest absolute Gasteiger partial charge is 0.388 e. The van der Waals surface area contributed by atoms with Gasteiger partial charge in [-0.25, -0.2) is 14.5 Å². The summed E-state index contributed by atoms with van der Waals surface area (Å²) in [5.41, 5.74) is 1.80. The molecule has 122 valence electrons. The number of nitrogens with one attached hydrogen (secondary N) is 2. The fraction of sp³-hybridized carbons (Fsp3) is 0.438. The number of urea groups is 1. The average molecular weight is 315 g/mol. The zero-order valence-corrected chi connectivity index (χ0v) is 13.3. The van der Waals surface area contributed by atoms with Gasteiger partial charge in [0.15, 0.2) is 5.82 Å². The average Bonchev–Trinajstić information content (AvgIpc) is 2.83. The van der Waals surface area contributed by atoms with Gasteiger partial charge in [-0.1, -0.05) is 0 Å². The molecule has 2 aromatic heterocycles. The van der Waals surface area contributed by atoms with Crippen molar-refractivity contribution in [1.29, 1.82) is 0 Å². The number of amides is 2. The molecule has 0 bridgehead atoms. The van der Waals surface area contributed by atoms with Crippen LogP contribution in [0.4, 0.5) is 10.5 Å². The van der Waals surface area contributed by atoms with Crippen molar-refractivity contribution in [2.45, 2.75) is 38.7 Å². The molecule has 0 spiro atoms. The van der Waals surface area contributed by atoms with Crippen LogP contribution >= 0.6 is 0 Å². The summed E-state index contributed by atoms with van der Waals surface area (Å²) in [6.07, 6.45) is 4.08. The molecule has 7 heteroatoms. The van der Waals surface area contributed by atoms with Gasteiger partial charge >= 0.3 is 6.03 Å². The maximum absolute atomic E-state index is 11.8. The first kappa shape index (κ1) is 15.5. The number of carbonyl (C=O) groups excluding carboxylic acids is 1. The van der Waals surface area contributed by atoms with Gasteiger partial charge in [0.2, 0.25) is 0 Å². The topological polar surface area (TPSA) is 92.1 Å². The smallest absolute Gasteiger partial charge is 0.319 e. The molecule has 3 rings (SSSR count). The van der Waals surface area contributed by atoms with Gasteiger partial charge in [-0.15, -0.1) is 0 Å². The lowest BCUT2D eigenvalue weighted by atomic mass is 9.80. The van der Waals surface area contributed by atoms with Crippen LogP contribution in [0.1, 0.15) is 30.7 Å². The Balaban J connectivity index is 1.59. The van der Waals surface area contributed by atoms with Crippen LogP contribution in [-0.2, 0) is 0 Å². The second-order valence-electron chi connectivity index (χ2n) is 6.13. The van der Waals surface area contributed by atoms with E-state index in [4.69, 9.17) is 0 Å². The third-order valence-electron chi connectivity index (χ3n) is 4.09. The van der Waals surface area contributed by atoms with Gasteiger partial charge in [-0.05, 0) is 51.3 Å². The lowest BCUT2D eigenvalue weighted by Crippen LogP contribution is -2.48. The van der Waals surface area contributed by atoms with E-state index in [2.05, 4.69) is 20.7 Å². The zero-order valence-electron chi connectivity index (χ0n) is 13.3. The Labute approximate surface area is 134 Å². The number of aliphatic hydroxyl groups is 1. The molecular formula is C16H21N5O2. The first-order chi connectivity index (χ1) is 11.0. The summed E-state index contributed by atoms with van der Waals surface area (Å²) < 4.78 is 1.76. The highest BCUT2D eigenvalue weighted by Crippen LogP contribution is 2.30. The van der Waals surface area contributed by atoms with Crippen LogP contribution in [0.25, 0.3) is 5.82 Å². The van der Waals surface area contributed by atoms with E-state index in [0.717, 1.165) is 30.7 Å². The van der Waals surface area contributed by atoms with Gasteiger partial charge < -0.3 is 15.7 Å². The van der Waals surface area contributed by atoms with E-state index in [1.807, 2.05) is 19.9 Å². The molecule has 0 saturated heterocycles. The molecule has 0 aliphatic heterocycles. The van der Waals surface area contributed by atoms with E-state index >= 15 is 0 Å². The summed E-state index contributed by atoms with van der Waals surface area (Å²) in [5, 5.41) is 19.7. The number of rotatable bonds is 4. The van der Waals surface area contributed by atoms with Crippen LogP contribution in [0.15, 0.2) is 24.4 Å². The van der Waals surface area contributed by atoms with Gasteiger partial charge in [0.25, 0.3) is 0 Å². The van der Waals surface area contributed by atoms with Gasteiger partial charge in [-0.3, -0.25) is 0 Å². The molecule has 2 amide bonds. The second kappa shape index (κ2) is 6.00. The predicted octanol–water partition coefficient (Wildman–Crippen LogP) is 1.92. The van der Waals surface area contributed by atoms with E-state index in [0.29, 0.717) is 11.5 Å². The zero-order chi connectivity index (χ0) is 16.4. The Bertz CT molecular complexity index is 704. The third kappa shape index (κ3) is 3.50. The highest BCUT2D eigenvalue weighted by molar-refractivity contribution is 5.89. The lowest BCUT2D eigenvalue weighted by Gasteiger charge is -2.36. The molecule has 0 aromatic carbocycles. The number of pyridine rings is 1. The van der Waals surface area contributed by atoms with Crippen molar-refractivity contribution in [3.63, 3.8) is 0 Å². The number of carbonyl (C=O) groups is 1. The fourth-order valence-corrected chi connectivity index (χ4v) is 2.63. The molecule has 0 atom stereocenters. The van der Waals surface area contributed by atoms with Crippen LogP contribution in [-0.4, -0.2) is 38.0 Å². The summed E-state index contributed by atoms with van der Waals surface area (Å²) in [5.74, 6) is 0.699. The Morgan fingerprint density at radius 3 is 2.70 bits per heavy atom. The molecule has 7 nitrogen and oxygen atoms in total. The standard InChI is InChI=1S/C16H21N5O2/c1-11-8-12(2)21(20-11)14-5-4-13(9-17-14)19-15(22)18-10-16(23)6-3-7-16/h4-5,8-9,23H,3,6-7,10H2,1-2H3,(H2,18,19,22). The molecule has 1 aliphatic carbocycles. The molecule has 23 heavy (non-hydrogen) atoms. The fourth-order valence-electron chi connectivity index (χ4n) is 2.63. The van der Waals surface area contributed by atoms with Gasteiger partial charge in [0, 0.05) is 12.2 Å². The molecule has 1 aliphatic rings. The van der Waals surface area contributed by atoms with Crippen LogP contribution in [0.3, 0.4) is 0 Å². The summed E-state index contributed by atoms with van der Waals surface area (Å²) >= 11 is 0. The Morgan fingerprint density at radius 2 is 2.17 bits per heavy atom. The number of anilines is 1. The number of hydrogen-bond acceptors (Lipinski definition) is 4. The minimum absolute atomic E-state index is 0.274. The molecule has 0 unspecified atom stereocenters. The number of hydrogen-bond donors (Lipinski definition) is 3. The van der Waals surface area contributed by atoms with E-state index in [1.165, 1.54) is 0 Å². The minimum Gasteiger partial charge on any atom is -0.388 e. The first-order valence-electron chi connectivity index (χ1n) is 7.72. The predicted molar refractivity (Wildman–Crippen MR) is 86.7 cm³/mol. The van der Waals surface area contributed by atoms with Crippen molar-refractivity contribution < 1.29 is 9.90 Å². The van der Waals surface area contributed by atoms with Crippen LogP contribution in [0.2, 0.25) is 0 Å². The molecule has 1 saturated carbocycles. The summed E-state index contributed by atoms with van der Waals surface area (Å²) in [6.45, 7) is 4.17. The Kier molecular flexibility index (Phi) is 4.04. The normalized spacial score (nSPS) is 15.8. The molecule has 3 N–H and O–H groups in total. The highest BCUT2D eigenvalue weighted by Gasteiger charge is 2.34. The number of nitrogens with zero attached hydrogens (tertiary/aromatic N) is 3. The van der Waals surface area contributed by atoms with Crippen molar-refractivity contribution in [1.82, 2.24) is 20.1 Å². The van der Waals surface area contributed by atoms with Crippen molar-refractivity contribution in [2.24, 2.45) is 0 Å². The minimum atomic E-state index is -0.727. The molecule has 2 aromatic rings. The van der Waals surface area contributed by atoms with Crippen LogP contribution in [0, 0.1) is 13.8 Å². The van der Waals surface area contributed by atoms with Gasteiger partial charge in [0.1, 0.15) is 0 Å². The van der Waals surface area contributed by atoms with Gasteiger partial charge in [0.05, 0.1) is 23.2 Å². The second-order valence-corrected chi connectivity index (χ2v) is 6.13. The van der Waals surface area contributed by atoms with E-state index in [1.54, 1.807) is 23.0 Å². The van der Waals surface area contributed by atoms with Crippen molar-refractivity contribution in [3.05, 3.63) is 35.8 Å². The number of aromatic nitrogens is 3. The van der Waals surface area contributed by atoms with Crippen molar-refractivity contribution in [2.75, 3.05) is 11.9 Å². The van der Waals surface area contributed by atoms with Crippen molar-refractivity contribution in [3.8, 4) is 5.82 Å². The lowest BCUT2D eigenvalue weighted by molar-refractivity contribution is -0.0287. The maximum atomic E-state index is 11.8. The molecule has 0 radical (unpaired) electrons. The maximum Gasteiger partial charge on any atom is 0.319 e. The number of aryl methyl sites for hydroxylation is 2. The third-order valence-corrected chi connectivity index (χ3v) is 4.09. The van der Waals surface area contributed by atoms with E-state index in [9.17, 15) is 9.90 Å². The Hall–Kier alpha value is -2.41. The van der Waals surface area contributed by atoms with Crippen LogP contribution < -0.4 is 10.6 Å². The monoisotopic (exact) mass is 315 g/mol.